The zero-order valence-corrected chi connectivity index (χ0v) is 14.3. The summed E-state index contributed by atoms with van der Waals surface area (Å²) in [4.78, 5) is 4.53. The molecule has 0 radical (unpaired) electrons. The van der Waals surface area contributed by atoms with E-state index in [9.17, 15) is 9.65 Å². The summed E-state index contributed by atoms with van der Waals surface area (Å²) in [6.45, 7) is 6.97. The molecule has 0 aromatic heterocycles. The summed E-state index contributed by atoms with van der Waals surface area (Å²) in [6.07, 6.45) is 0.948. The van der Waals surface area contributed by atoms with Gasteiger partial charge in [0.2, 0.25) is 0 Å². The number of nitrogens with two attached hydrogens (primary N) is 1. The molecule has 122 valence electrons. The Kier molecular flexibility index (Phi) is 5.56. The van der Waals surface area contributed by atoms with Gasteiger partial charge in [0.05, 0.1) is 0 Å². The Morgan fingerprint density at radius 1 is 1.30 bits per heavy atom. The van der Waals surface area contributed by atoms with E-state index in [1.807, 2.05) is 19.1 Å². The first kappa shape index (κ1) is 17.2. The number of nitrogens with zero attached hydrogens (tertiary/aromatic N) is 3. The van der Waals surface area contributed by atoms with Crippen molar-refractivity contribution in [1.29, 1.82) is 5.26 Å². The van der Waals surface area contributed by atoms with Gasteiger partial charge in [-0.25, -0.2) is 4.39 Å². The molecule has 6 heteroatoms. The van der Waals surface area contributed by atoms with Gasteiger partial charge in [-0.3, -0.25) is 0 Å². The summed E-state index contributed by atoms with van der Waals surface area (Å²) in [6, 6.07) is 7.30. The molecule has 0 bridgehead atoms. The Hall–Kier alpha value is -2.13. The van der Waals surface area contributed by atoms with Crippen LogP contribution in [-0.2, 0) is 0 Å². The van der Waals surface area contributed by atoms with Crippen LogP contribution in [0, 0.1) is 24.1 Å². The normalized spacial score (nSPS) is 16.4. The molecule has 23 heavy (non-hydrogen) atoms. The molecule has 1 aromatic rings. The van der Waals surface area contributed by atoms with Crippen LogP contribution in [0.2, 0.25) is 0 Å². The van der Waals surface area contributed by atoms with Crippen molar-refractivity contribution in [3.63, 3.8) is 0 Å². The largest absolute Gasteiger partial charge is 0.389 e. The van der Waals surface area contributed by atoms with E-state index in [-0.39, 0.29) is 10.8 Å². The van der Waals surface area contributed by atoms with Gasteiger partial charge in [0.25, 0.3) is 0 Å². The van der Waals surface area contributed by atoms with E-state index in [1.165, 1.54) is 6.07 Å². The Bertz CT molecular complexity index is 678. The van der Waals surface area contributed by atoms with Crippen LogP contribution in [-0.4, -0.2) is 36.1 Å². The summed E-state index contributed by atoms with van der Waals surface area (Å²) >= 11 is 4.95. The summed E-state index contributed by atoms with van der Waals surface area (Å²) in [5.41, 5.74) is 8.52. The maximum absolute atomic E-state index is 13.4. The van der Waals surface area contributed by atoms with E-state index in [0.29, 0.717) is 11.1 Å². The van der Waals surface area contributed by atoms with Crippen molar-refractivity contribution in [3.8, 4) is 6.07 Å². The Labute approximate surface area is 142 Å². The SMILES string of the molecule is CC(=C(C#N)C(N)=S)N1CCCN(c2ccc(F)c(C)c2)CC1. The lowest BCUT2D eigenvalue weighted by Crippen LogP contribution is -2.31. The smallest absolute Gasteiger partial charge is 0.126 e. The van der Waals surface area contributed by atoms with Crippen LogP contribution in [0.5, 0.6) is 0 Å². The Morgan fingerprint density at radius 2 is 2.04 bits per heavy atom. The zero-order valence-electron chi connectivity index (χ0n) is 13.5. The molecule has 0 amide bonds. The number of anilines is 1. The maximum Gasteiger partial charge on any atom is 0.126 e. The Morgan fingerprint density at radius 3 is 2.65 bits per heavy atom. The first-order chi connectivity index (χ1) is 10.9. The molecule has 2 N–H and O–H groups in total. The van der Waals surface area contributed by atoms with E-state index in [0.717, 1.165) is 44.0 Å². The van der Waals surface area contributed by atoms with E-state index in [4.69, 9.17) is 18.0 Å². The number of aryl methyl sites for hydroxylation is 1. The van der Waals surface area contributed by atoms with Crippen molar-refractivity contribution in [1.82, 2.24) is 4.90 Å². The third kappa shape index (κ3) is 3.99. The average Bonchev–Trinajstić information content (AvgIpc) is 2.76. The van der Waals surface area contributed by atoms with E-state index in [2.05, 4.69) is 15.9 Å². The summed E-state index contributed by atoms with van der Waals surface area (Å²) < 4.78 is 13.4. The minimum absolute atomic E-state index is 0.139. The lowest BCUT2D eigenvalue weighted by molar-refractivity contribution is 0.369. The minimum atomic E-state index is -0.181. The second-order valence-electron chi connectivity index (χ2n) is 5.70. The molecule has 0 saturated carbocycles. The number of thiocarbonyl (C=S) groups is 1. The van der Waals surface area contributed by atoms with Gasteiger partial charge in [0.1, 0.15) is 22.4 Å². The molecule has 0 aliphatic carbocycles. The molecule has 0 unspecified atom stereocenters. The second kappa shape index (κ2) is 7.42. The molecule has 0 spiro atoms. The summed E-state index contributed by atoms with van der Waals surface area (Å²) in [5.74, 6) is -0.181. The fraction of sp³-hybridized carbons (Fsp3) is 0.412. The third-order valence-corrected chi connectivity index (χ3v) is 4.40. The van der Waals surface area contributed by atoms with Crippen molar-refractivity contribution in [3.05, 3.63) is 40.8 Å². The van der Waals surface area contributed by atoms with Crippen LogP contribution in [0.3, 0.4) is 0 Å². The molecule has 1 aliphatic heterocycles. The van der Waals surface area contributed by atoms with Gasteiger partial charge in [-0.2, -0.15) is 5.26 Å². The predicted molar refractivity (Wildman–Crippen MR) is 94.6 cm³/mol. The molecule has 4 nitrogen and oxygen atoms in total. The third-order valence-electron chi connectivity index (χ3n) is 4.20. The van der Waals surface area contributed by atoms with Crippen molar-refractivity contribution >= 4 is 22.9 Å². The van der Waals surface area contributed by atoms with Crippen molar-refractivity contribution in [2.75, 3.05) is 31.1 Å². The van der Waals surface area contributed by atoms with Crippen LogP contribution in [0.25, 0.3) is 0 Å². The van der Waals surface area contributed by atoms with E-state index in [1.54, 1.807) is 6.92 Å². The van der Waals surface area contributed by atoms with Gasteiger partial charge >= 0.3 is 0 Å². The summed E-state index contributed by atoms with van der Waals surface area (Å²) in [7, 11) is 0. The fourth-order valence-corrected chi connectivity index (χ4v) is 3.00. The number of nitriles is 1. The number of benzene rings is 1. The standard InChI is InChI=1S/C17H21FN4S/c1-12-10-14(4-5-16(12)18)22-7-3-6-21(8-9-22)13(2)15(11-19)17(20)23/h4-5,10H,3,6-9H2,1-2H3,(H2,20,23). The van der Waals surface area contributed by atoms with Crippen molar-refractivity contribution < 1.29 is 4.39 Å². The molecular formula is C17H21FN4S. The number of hydrogen-bond acceptors (Lipinski definition) is 4. The average molecular weight is 332 g/mol. The van der Waals surface area contributed by atoms with Crippen LogP contribution >= 0.6 is 12.2 Å². The first-order valence-electron chi connectivity index (χ1n) is 7.61. The molecule has 1 fully saturated rings. The number of allylic oxidation sites excluding steroid dienone is 1. The second-order valence-corrected chi connectivity index (χ2v) is 6.14. The van der Waals surface area contributed by atoms with Crippen LogP contribution in [0.1, 0.15) is 18.9 Å². The highest BCUT2D eigenvalue weighted by Gasteiger charge is 2.18. The lowest BCUT2D eigenvalue weighted by atomic mass is 10.2. The molecule has 1 saturated heterocycles. The van der Waals surface area contributed by atoms with Crippen LogP contribution < -0.4 is 10.6 Å². The molecule has 0 atom stereocenters. The van der Waals surface area contributed by atoms with E-state index < -0.39 is 0 Å². The van der Waals surface area contributed by atoms with Gasteiger partial charge < -0.3 is 15.5 Å². The van der Waals surface area contributed by atoms with Gasteiger partial charge in [-0.05, 0) is 44.0 Å². The zero-order chi connectivity index (χ0) is 17.0. The number of hydrogen-bond donors (Lipinski definition) is 1. The van der Waals surface area contributed by atoms with Crippen LogP contribution in [0.4, 0.5) is 10.1 Å². The van der Waals surface area contributed by atoms with Gasteiger partial charge in [-0.1, -0.05) is 12.2 Å². The predicted octanol–water partition coefficient (Wildman–Crippen LogP) is 2.73. The quantitative estimate of drug-likeness (QED) is 0.524. The number of rotatable bonds is 3. The molecular weight excluding hydrogens is 311 g/mol. The highest BCUT2D eigenvalue weighted by molar-refractivity contribution is 7.80. The molecule has 1 heterocycles. The van der Waals surface area contributed by atoms with Gasteiger partial charge in [0.15, 0.2) is 0 Å². The maximum atomic E-state index is 13.4. The summed E-state index contributed by atoms with van der Waals surface area (Å²) in [5, 5.41) is 9.21. The Balaban J connectivity index is 2.15. The number of halogens is 1. The monoisotopic (exact) mass is 332 g/mol. The van der Waals surface area contributed by atoms with Crippen LogP contribution in [0.15, 0.2) is 29.5 Å². The highest BCUT2D eigenvalue weighted by Crippen LogP contribution is 2.21. The van der Waals surface area contributed by atoms with E-state index >= 15 is 0 Å². The van der Waals surface area contributed by atoms with Gasteiger partial charge in [0, 0.05) is 37.6 Å². The molecule has 1 aliphatic rings. The van der Waals surface area contributed by atoms with Crippen molar-refractivity contribution in [2.24, 2.45) is 5.73 Å². The molecule has 1 aromatic carbocycles. The highest BCUT2D eigenvalue weighted by atomic mass is 32.1. The fourth-order valence-electron chi connectivity index (χ4n) is 2.81. The molecule has 2 rings (SSSR count). The first-order valence-corrected chi connectivity index (χ1v) is 8.01. The lowest BCUT2D eigenvalue weighted by Gasteiger charge is -2.26. The van der Waals surface area contributed by atoms with Gasteiger partial charge in [-0.15, -0.1) is 0 Å². The topological polar surface area (TPSA) is 56.3 Å². The van der Waals surface area contributed by atoms with Crippen molar-refractivity contribution in [2.45, 2.75) is 20.3 Å². The minimum Gasteiger partial charge on any atom is -0.389 e.